The van der Waals surface area contributed by atoms with E-state index >= 15 is 0 Å². The standard InChI is InChI=1S/C23H20N2O4/c1-13-17(15-6-4-3-5-7-15)10-11-18-21(13)25(16-8-9-16)23(27)20-22(18)29-19(24-20)12-28-14(2)26/h3-7,10-11,16H,8-9,12H2,1-2H3. The average Bonchev–Trinajstić information content (AvgIpc) is 3.45. The van der Waals surface area contributed by atoms with Crippen molar-refractivity contribution in [3.63, 3.8) is 0 Å². The number of aromatic nitrogens is 2. The van der Waals surface area contributed by atoms with Gasteiger partial charge in [-0.05, 0) is 42.5 Å². The maximum Gasteiger partial charge on any atom is 0.303 e. The molecule has 2 heterocycles. The third-order valence-electron chi connectivity index (χ3n) is 5.41. The summed E-state index contributed by atoms with van der Waals surface area (Å²) in [7, 11) is 0. The first-order valence-corrected chi connectivity index (χ1v) is 9.70. The second kappa shape index (κ2) is 6.58. The molecule has 0 unspecified atom stereocenters. The van der Waals surface area contributed by atoms with Crippen LogP contribution in [0.5, 0.6) is 0 Å². The van der Waals surface area contributed by atoms with Crippen molar-refractivity contribution in [2.75, 3.05) is 0 Å². The van der Waals surface area contributed by atoms with Crippen LogP contribution in [0.3, 0.4) is 0 Å². The molecule has 0 atom stereocenters. The van der Waals surface area contributed by atoms with E-state index in [0.29, 0.717) is 11.1 Å². The predicted molar refractivity (Wildman–Crippen MR) is 110 cm³/mol. The Hall–Kier alpha value is -3.41. The molecule has 146 valence electrons. The van der Waals surface area contributed by atoms with Crippen molar-refractivity contribution in [1.82, 2.24) is 9.55 Å². The molecule has 0 N–H and O–H groups in total. The fraction of sp³-hybridized carbons (Fsp3) is 0.261. The Balaban J connectivity index is 1.80. The minimum atomic E-state index is -0.421. The van der Waals surface area contributed by atoms with Crippen molar-refractivity contribution >= 4 is 28.0 Å². The van der Waals surface area contributed by atoms with E-state index < -0.39 is 5.97 Å². The van der Waals surface area contributed by atoms with E-state index in [1.54, 1.807) is 0 Å². The maximum atomic E-state index is 13.3. The van der Waals surface area contributed by atoms with Gasteiger partial charge in [-0.25, -0.2) is 4.98 Å². The highest BCUT2D eigenvalue weighted by Gasteiger charge is 2.30. The van der Waals surface area contributed by atoms with E-state index in [1.165, 1.54) is 6.92 Å². The van der Waals surface area contributed by atoms with Gasteiger partial charge in [-0.15, -0.1) is 0 Å². The SMILES string of the molecule is CC(=O)OCc1nc2c(=O)n(C3CC3)c3c(C)c(-c4ccccc4)ccc3c2o1. The summed E-state index contributed by atoms with van der Waals surface area (Å²) >= 11 is 0. The lowest BCUT2D eigenvalue weighted by atomic mass is 9.97. The molecule has 0 saturated heterocycles. The topological polar surface area (TPSA) is 74.3 Å². The monoisotopic (exact) mass is 388 g/mol. The first kappa shape index (κ1) is 17.7. The molecule has 0 spiro atoms. The molecule has 0 amide bonds. The number of hydrogen-bond acceptors (Lipinski definition) is 5. The molecule has 6 nitrogen and oxygen atoms in total. The van der Waals surface area contributed by atoms with E-state index in [2.05, 4.69) is 23.2 Å². The summed E-state index contributed by atoms with van der Waals surface area (Å²) in [6.45, 7) is 3.28. The number of hydrogen-bond donors (Lipinski definition) is 0. The highest BCUT2D eigenvalue weighted by molar-refractivity contribution is 6.04. The highest BCUT2D eigenvalue weighted by atomic mass is 16.5. The Morgan fingerprint density at radius 2 is 1.97 bits per heavy atom. The van der Waals surface area contributed by atoms with Gasteiger partial charge in [0.1, 0.15) is 0 Å². The fourth-order valence-corrected chi connectivity index (χ4v) is 3.94. The van der Waals surface area contributed by atoms with Crippen molar-refractivity contribution in [2.24, 2.45) is 0 Å². The zero-order valence-corrected chi connectivity index (χ0v) is 16.3. The maximum absolute atomic E-state index is 13.3. The molecule has 2 aromatic heterocycles. The summed E-state index contributed by atoms with van der Waals surface area (Å²) in [5.41, 5.74) is 4.71. The molecule has 0 bridgehead atoms. The van der Waals surface area contributed by atoms with Crippen LogP contribution >= 0.6 is 0 Å². The third-order valence-corrected chi connectivity index (χ3v) is 5.41. The highest BCUT2D eigenvalue weighted by Crippen LogP contribution is 2.40. The molecule has 0 radical (unpaired) electrons. The number of ether oxygens (including phenoxy) is 1. The van der Waals surface area contributed by atoms with E-state index in [9.17, 15) is 9.59 Å². The Morgan fingerprint density at radius 3 is 2.66 bits per heavy atom. The zero-order chi connectivity index (χ0) is 20.1. The molecular formula is C23H20N2O4. The Morgan fingerprint density at radius 1 is 1.21 bits per heavy atom. The first-order valence-electron chi connectivity index (χ1n) is 9.70. The van der Waals surface area contributed by atoms with Crippen LogP contribution < -0.4 is 5.56 Å². The minimum absolute atomic E-state index is 0.0878. The van der Waals surface area contributed by atoms with Gasteiger partial charge >= 0.3 is 5.97 Å². The van der Waals surface area contributed by atoms with Crippen LogP contribution in [0.2, 0.25) is 0 Å². The summed E-state index contributed by atoms with van der Waals surface area (Å²) in [4.78, 5) is 28.8. The third kappa shape index (κ3) is 2.92. The summed E-state index contributed by atoms with van der Waals surface area (Å²) in [5, 5.41) is 0.852. The van der Waals surface area contributed by atoms with Crippen LogP contribution in [0.1, 0.15) is 37.3 Å². The van der Waals surface area contributed by atoms with Crippen molar-refractivity contribution in [2.45, 2.75) is 39.3 Å². The quantitative estimate of drug-likeness (QED) is 0.481. The lowest BCUT2D eigenvalue weighted by Crippen LogP contribution is -2.20. The average molecular weight is 388 g/mol. The fourth-order valence-electron chi connectivity index (χ4n) is 3.94. The van der Waals surface area contributed by atoms with Gasteiger partial charge in [0.2, 0.25) is 5.89 Å². The Labute approximate surface area is 166 Å². The van der Waals surface area contributed by atoms with Crippen LogP contribution in [0.25, 0.3) is 33.1 Å². The van der Waals surface area contributed by atoms with E-state index in [1.807, 2.05) is 35.8 Å². The zero-order valence-electron chi connectivity index (χ0n) is 16.3. The number of pyridine rings is 1. The lowest BCUT2D eigenvalue weighted by molar-refractivity contribution is -0.142. The van der Waals surface area contributed by atoms with Crippen LogP contribution in [0, 0.1) is 6.92 Å². The molecule has 0 aliphatic heterocycles. The van der Waals surface area contributed by atoms with Crippen molar-refractivity contribution in [3.05, 3.63) is 64.3 Å². The van der Waals surface area contributed by atoms with Gasteiger partial charge in [-0.1, -0.05) is 36.4 Å². The summed E-state index contributed by atoms with van der Waals surface area (Å²) in [6.07, 6.45) is 1.96. The molecule has 4 aromatic rings. The molecular weight excluding hydrogens is 368 g/mol. The minimum Gasteiger partial charge on any atom is -0.456 e. The van der Waals surface area contributed by atoms with Crippen LogP contribution in [0.4, 0.5) is 0 Å². The molecule has 1 fully saturated rings. The summed E-state index contributed by atoms with van der Waals surface area (Å²) < 4.78 is 12.7. The first-order chi connectivity index (χ1) is 14.0. The number of aryl methyl sites for hydroxylation is 1. The van der Waals surface area contributed by atoms with Gasteiger partial charge in [-0.2, -0.15) is 0 Å². The smallest absolute Gasteiger partial charge is 0.303 e. The molecule has 1 saturated carbocycles. The summed E-state index contributed by atoms with van der Waals surface area (Å²) in [5.74, 6) is -0.192. The van der Waals surface area contributed by atoms with Crippen molar-refractivity contribution in [1.29, 1.82) is 0 Å². The normalized spacial score (nSPS) is 13.9. The largest absolute Gasteiger partial charge is 0.456 e. The van der Waals surface area contributed by atoms with Crippen LogP contribution in [-0.2, 0) is 16.1 Å². The Kier molecular flexibility index (Phi) is 4.01. The van der Waals surface area contributed by atoms with Crippen LogP contribution in [-0.4, -0.2) is 15.5 Å². The number of benzene rings is 2. The van der Waals surface area contributed by atoms with Crippen molar-refractivity contribution in [3.8, 4) is 11.1 Å². The molecule has 2 aromatic carbocycles. The number of oxazole rings is 1. The van der Waals surface area contributed by atoms with Gasteiger partial charge in [0.05, 0.1) is 5.52 Å². The summed E-state index contributed by atoms with van der Waals surface area (Å²) in [6, 6.07) is 14.4. The van der Waals surface area contributed by atoms with Gasteiger partial charge in [0, 0.05) is 18.4 Å². The number of rotatable bonds is 4. The lowest BCUT2D eigenvalue weighted by Gasteiger charge is -2.15. The van der Waals surface area contributed by atoms with Gasteiger partial charge in [-0.3, -0.25) is 9.59 Å². The van der Waals surface area contributed by atoms with E-state index in [0.717, 1.165) is 40.4 Å². The number of carbonyl (C=O) groups excluding carboxylic acids is 1. The Bertz CT molecular complexity index is 1310. The predicted octanol–water partition coefficient (Wildman–Crippen LogP) is 4.52. The molecule has 5 rings (SSSR count). The molecule has 29 heavy (non-hydrogen) atoms. The van der Waals surface area contributed by atoms with Gasteiger partial charge < -0.3 is 13.7 Å². The number of carbonyl (C=O) groups is 1. The number of nitrogens with zero attached hydrogens (tertiary/aromatic N) is 2. The van der Waals surface area contributed by atoms with Gasteiger partial charge in [0.25, 0.3) is 5.56 Å². The molecule has 1 aliphatic carbocycles. The molecule has 6 heteroatoms. The van der Waals surface area contributed by atoms with Crippen LogP contribution in [0.15, 0.2) is 51.7 Å². The molecule has 1 aliphatic rings. The van der Waals surface area contributed by atoms with Gasteiger partial charge in [0.15, 0.2) is 17.7 Å². The second-order valence-electron chi connectivity index (χ2n) is 7.47. The van der Waals surface area contributed by atoms with E-state index in [4.69, 9.17) is 9.15 Å². The number of esters is 1. The number of fused-ring (bicyclic) bond motifs is 3. The van der Waals surface area contributed by atoms with E-state index in [-0.39, 0.29) is 24.1 Å². The second-order valence-corrected chi connectivity index (χ2v) is 7.47. The van der Waals surface area contributed by atoms with Crippen molar-refractivity contribution < 1.29 is 13.9 Å².